The molecule has 3 rings (SSSR count). The van der Waals surface area contributed by atoms with Gasteiger partial charge in [0.05, 0.1) is 5.54 Å². The molecule has 3 aromatic rings. The molecule has 9 nitrogen and oxygen atoms in total. The van der Waals surface area contributed by atoms with Crippen LogP contribution in [0.25, 0.3) is 10.9 Å². The SMILES string of the molecule is CN(C)NC(=O)[C@H](CCc1ccccc1)NC(=O)[C@H](Cc1c[nH]c2ccccc12)NC(=O)C(C)(C)N. The number of benzene rings is 2. The van der Waals surface area contributed by atoms with E-state index in [0.717, 1.165) is 22.0 Å². The third-order valence-corrected chi connectivity index (χ3v) is 5.84. The Morgan fingerprint density at radius 1 is 0.944 bits per heavy atom. The van der Waals surface area contributed by atoms with Crippen molar-refractivity contribution in [1.29, 1.82) is 0 Å². The summed E-state index contributed by atoms with van der Waals surface area (Å²) in [5.41, 5.74) is 10.4. The van der Waals surface area contributed by atoms with E-state index < -0.39 is 29.4 Å². The van der Waals surface area contributed by atoms with Crippen molar-refractivity contribution in [2.24, 2.45) is 5.73 Å². The number of hydrogen-bond donors (Lipinski definition) is 5. The van der Waals surface area contributed by atoms with Crippen molar-refractivity contribution < 1.29 is 14.4 Å². The third kappa shape index (κ3) is 7.40. The van der Waals surface area contributed by atoms with Crippen molar-refractivity contribution in [3.05, 3.63) is 71.9 Å². The molecule has 192 valence electrons. The zero-order chi connectivity index (χ0) is 26.3. The van der Waals surface area contributed by atoms with Gasteiger partial charge in [-0.1, -0.05) is 48.5 Å². The zero-order valence-electron chi connectivity index (χ0n) is 21.3. The van der Waals surface area contributed by atoms with Gasteiger partial charge in [-0.3, -0.25) is 19.8 Å². The normalized spacial score (nSPS) is 13.3. The summed E-state index contributed by atoms with van der Waals surface area (Å²) in [5, 5.41) is 8.15. The lowest BCUT2D eigenvalue weighted by molar-refractivity contribution is -0.134. The minimum absolute atomic E-state index is 0.234. The standard InChI is InChI=1S/C27H36N6O3/c1-27(2,28)26(36)31-23(16-19-17-29-21-13-9-8-12-20(19)21)24(34)30-22(25(35)32-33(3)4)15-14-18-10-6-5-7-11-18/h5-13,17,22-23,29H,14-16,28H2,1-4H3,(H,30,34)(H,31,36)(H,32,35)/t22-,23-/m0/s1. The van der Waals surface area contributed by atoms with E-state index in [1.807, 2.05) is 60.8 Å². The molecule has 2 atom stereocenters. The number of rotatable bonds is 11. The molecule has 0 unspecified atom stereocenters. The predicted octanol–water partition coefficient (Wildman–Crippen LogP) is 1.64. The molecule has 0 spiro atoms. The number of nitrogens with one attached hydrogen (secondary N) is 4. The van der Waals surface area contributed by atoms with Gasteiger partial charge in [0.2, 0.25) is 11.8 Å². The van der Waals surface area contributed by atoms with Gasteiger partial charge in [-0.2, -0.15) is 0 Å². The molecule has 9 heteroatoms. The summed E-state index contributed by atoms with van der Waals surface area (Å²) in [7, 11) is 3.41. The second-order valence-corrected chi connectivity index (χ2v) is 9.77. The molecule has 0 radical (unpaired) electrons. The van der Waals surface area contributed by atoms with Crippen LogP contribution in [0.4, 0.5) is 0 Å². The Labute approximate surface area is 211 Å². The van der Waals surface area contributed by atoms with E-state index >= 15 is 0 Å². The number of aromatic amines is 1. The zero-order valence-corrected chi connectivity index (χ0v) is 21.3. The van der Waals surface area contributed by atoms with Crippen LogP contribution >= 0.6 is 0 Å². The van der Waals surface area contributed by atoms with E-state index in [0.29, 0.717) is 12.8 Å². The number of aryl methyl sites for hydroxylation is 1. The Morgan fingerprint density at radius 3 is 2.28 bits per heavy atom. The molecule has 2 aromatic carbocycles. The number of amides is 3. The molecular weight excluding hydrogens is 456 g/mol. The molecular formula is C27H36N6O3. The van der Waals surface area contributed by atoms with E-state index in [-0.39, 0.29) is 12.3 Å². The van der Waals surface area contributed by atoms with Crippen molar-refractivity contribution in [3.8, 4) is 0 Å². The highest BCUT2D eigenvalue weighted by molar-refractivity contribution is 5.94. The number of carbonyl (C=O) groups excluding carboxylic acids is 3. The summed E-state index contributed by atoms with van der Waals surface area (Å²) >= 11 is 0. The average molecular weight is 493 g/mol. The maximum Gasteiger partial charge on any atom is 0.256 e. The number of nitrogens with zero attached hydrogens (tertiary/aromatic N) is 1. The van der Waals surface area contributed by atoms with Crippen molar-refractivity contribution in [2.45, 2.75) is 50.7 Å². The van der Waals surface area contributed by atoms with E-state index in [9.17, 15) is 14.4 Å². The number of carbonyl (C=O) groups is 3. The van der Waals surface area contributed by atoms with Gasteiger partial charge in [-0.15, -0.1) is 0 Å². The number of H-pyrrole nitrogens is 1. The molecule has 0 aliphatic carbocycles. The van der Waals surface area contributed by atoms with Crippen LogP contribution in [-0.2, 0) is 27.2 Å². The van der Waals surface area contributed by atoms with Gasteiger partial charge in [-0.05, 0) is 43.9 Å². The van der Waals surface area contributed by atoms with Crippen LogP contribution in [0.3, 0.4) is 0 Å². The Balaban J connectivity index is 1.82. The number of hydrazine groups is 1. The monoisotopic (exact) mass is 492 g/mol. The van der Waals surface area contributed by atoms with Crippen LogP contribution in [0.1, 0.15) is 31.4 Å². The van der Waals surface area contributed by atoms with Crippen LogP contribution in [0.5, 0.6) is 0 Å². The summed E-state index contributed by atoms with van der Waals surface area (Å²) in [6, 6.07) is 15.8. The highest BCUT2D eigenvalue weighted by Crippen LogP contribution is 2.19. The lowest BCUT2D eigenvalue weighted by Crippen LogP contribution is -2.59. The van der Waals surface area contributed by atoms with E-state index in [1.54, 1.807) is 27.9 Å². The van der Waals surface area contributed by atoms with Crippen molar-refractivity contribution in [3.63, 3.8) is 0 Å². The maximum atomic E-state index is 13.5. The summed E-state index contributed by atoms with van der Waals surface area (Å²) in [6.45, 7) is 3.16. The first kappa shape index (κ1) is 26.9. The fraction of sp³-hybridized carbons (Fsp3) is 0.370. The summed E-state index contributed by atoms with van der Waals surface area (Å²) < 4.78 is 0. The van der Waals surface area contributed by atoms with Crippen LogP contribution in [-0.4, -0.2) is 59.4 Å². The number of aromatic nitrogens is 1. The molecule has 0 saturated heterocycles. The summed E-state index contributed by atoms with van der Waals surface area (Å²) in [5.74, 6) is -1.24. The van der Waals surface area contributed by atoms with Gasteiger partial charge in [0.15, 0.2) is 0 Å². The molecule has 0 saturated carbocycles. The van der Waals surface area contributed by atoms with E-state index in [2.05, 4.69) is 21.0 Å². The molecule has 36 heavy (non-hydrogen) atoms. The Bertz CT molecular complexity index is 1180. The first-order valence-corrected chi connectivity index (χ1v) is 12.0. The number of fused-ring (bicyclic) bond motifs is 1. The fourth-order valence-corrected chi connectivity index (χ4v) is 3.87. The summed E-state index contributed by atoms with van der Waals surface area (Å²) in [4.78, 5) is 42.4. The van der Waals surface area contributed by atoms with Gasteiger partial charge < -0.3 is 21.4 Å². The quantitative estimate of drug-likeness (QED) is 0.260. The topological polar surface area (TPSA) is 132 Å². The molecule has 3 amide bonds. The minimum Gasteiger partial charge on any atom is -0.361 e. The van der Waals surface area contributed by atoms with Crippen LogP contribution in [0, 0.1) is 0 Å². The first-order chi connectivity index (χ1) is 17.0. The Kier molecular flexibility index (Phi) is 8.84. The van der Waals surface area contributed by atoms with Crippen LogP contribution < -0.4 is 21.8 Å². The maximum absolute atomic E-state index is 13.5. The second kappa shape index (κ2) is 11.8. The van der Waals surface area contributed by atoms with E-state index in [1.165, 1.54) is 5.01 Å². The number of para-hydroxylation sites is 1. The molecule has 0 fully saturated rings. The second-order valence-electron chi connectivity index (χ2n) is 9.77. The predicted molar refractivity (Wildman–Crippen MR) is 141 cm³/mol. The Hall–Kier alpha value is -3.69. The smallest absolute Gasteiger partial charge is 0.256 e. The van der Waals surface area contributed by atoms with Crippen molar-refractivity contribution >= 4 is 28.6 Å². The fourth-order valence-electron chi connectivity index (χ4n) is 3.87. The van der Waals surface area contributed by atoms with Gasteiger partial charge in [-0.25, -0.2) is 5.01 Å². The third-order valence-electron chi connectivity index (χ3n) is 5.84. The largest absolute Gasteiger partial charge is 0.361 e. The molecule has 1 aromatic heterocycles. The first-order valence-electron chi connectivity index (χ1n) is 12.0. The average Bonchev–Trinajstić information content (AvgIpc) is 3.23. The van der Waals surface area contributed by atoms with Gasteiger partial charge in [0.25, 0.3) is 5.91 Å². The summed E-state index contributed by atoms with van der Waals surface area (Å²) in [6.07, 6.45) is 3.06. The minimum atomic E-state index is -1.17. The van der Waals surface area contributed by atoms with Gasteiger partial charge >= 0.3 is 0 Å². The van der Waals surface area contributed by atoms with Crippen LogP contribution in [0.2, 0.25) is 0 Å². The van der Waals surface area contributed by atoms with Gasteiger partial charge in [0, 0.05) is 37.6 Å². The molecule has 0 bridgehead atoms. The van der Waals surface area contributed by atoms with E-state index in [4.69, 9.17) is 5.73 Å². The van der Waals surface area contributed by atoms with Crippen molar-refractivity contribution in [1.82, 2.24) is 26.1 Å². The molecule has 0 aliphatic rings. The molecule has 1 heterocycles. The van der Waals surface area contributed by atoms with Crippen molar-refractivity contribution in [2.75, 3.05) is 14.1 Å². The highest BCUT2D eigenvalue weighted by Gasteiger charge is 2.31. The number of nitrogens with two attached hydrogens (primary N) is 1. The highest BCUT2D eigenvalue weighted by atomic mass is 16.2. The van der Waals surface area contributed by atoms with Gasteiger partial charge in [0.1, 0.15) is 12.1 Å². The number of hydrogen-bond acceptors (Lipinski definition) is 5. The molecule has 0 aliphatic heterocycles. The Morgan fingerprint density at radius 2 is 1.61 bits per heavy atom. The lowest BCUT2D eigenvalue weighted by atomic mass is 10.00. The lowest BCUT2D eigenvalue weighted by Gasteiger charge is -2.26. The van der Waals surface area contributed by atoms with Crippen LogP contribution in [0.15, 0.2) is 60.8 Å². The molecule has 6 N–H and O–H groups in total.